The molecule has 29 heavy (non-hydrogen) atoms. The lowest BCUT2D eigenvalue weighted by Gasteiger charge is -2.17. The maximum Gasteiger partial charge on any atom is 0.344 e. The van der Waals surface area contributed by atoms with Gasteiger partial charge in [-0.25, -0.2) is 9.80 Å². The summed E-state index contributed by atoms with van der Waals surface area (Å²) < 4.78 is 11.4. The van der Waals surface area contributed by atoms with Gasteiger partial charge in [0.15, 0.2) is 17.6 Å². The molecule has 0 unspecified atom stereocenters. The second kappa shape index (κ2) is 8.36. The standard InChI is InChI=1S/C20H17BrN2O6/c1-11(20(26)27)29-17-12(8-13(21)10-16(17)28-2)9-15-18(24)22-23(19(15)25)14-6-4-3-5-7-14/h3-11H,1-2H3,(H,22,24)(H,26,27)/b15-9-/t11-/m0/s1. The minimum atomic E-state index is -1.17. The van der Waals surface area contributed by atoms with Crippen molar-refractivity contribution in [1.82, 2.24) is 5.43 Å². The topological polar surface area (TPSA) is 105 Å². The zero-order chi connectivity index (χ0) is 21.1. The normalized spacial score (nSPS) is 16.0. The van der Waals surface area contributed by atoms with E-state index in [1.54, 1.807) is 42.5 Å². The summed E-state index contributed by atoms with van der Waals surface area (Å²) in [4.78, 5) is 36.4. The molecule has 1 heterocycles. The molecule has 1 aliphatic rings. The minimum absolute atomic E-state index is 0.108. The molecular formula is C20H17BrN2O6. The molecule has 0 saturated carbocycles. The highest BCUT2D eigenvalue weighted by Gasteiger charge is 2.35. The van der Waals surface area contributed by atoms with Crippen LogP contribution in [-0.2, 0) is 14.4 Å². The van der Waals surface area contributed by atoms with Gasteiger partial charge < -0.3 is 14.6 Å². The number of halogens is 1. The Kier molecular flexibility index (Phi) is 5.88. The van der Waals surface area contributed by atoms with Gasteiger partial charge in [0.25, 0.3) is 11.8 Å². The van der Waals surface area contributed by atoms with Gasteiger partial charge in [-0.05, 0) is 37.3 Å². The van der Waals surface area contributed by atoms with E-state index >= 15 is 0 Å². The van der Waals surface area contributed by atoms with E-state index in [-0.39, 0.29) is 17.1 Å². The number of ether oxygens (including phenoxy) is 2. The largest absolute Gasteiger partial charge is 0.493 e. The number of carbonyl (C=O) groups excluding carboxylic acids is 2. The number of rotatable bonds is 6. The highest BCUT2D eigenvalue weighted by atomic mass is 79.9. The molecule has 2 aromatic rings. The smallest absolute Gasteiger partial charge is 0.344 e. The SMILES string of the molecule is COc1cc(Br)cc(/C=C2/C(=O)NN(c3ccccc3)C2=O)c1O[C@@H](C)C(=O)O. The quantitative estimate of drug-likeness (QED) is 0.507. The average Bonchev–Trinajstić information content (AvgIpc) is 2.98. The van der Waals surface area contributed by atoms with Crippen LogP contribution < -0.4 is 19.9 Å². The van der Waals surface area contributed by atoms with Crippen molar-refractivity contribution in [3.8, 4) is 11.5 Å². The lowest BCUT2D eigenvalue weighted by molar-refractivity contribution is -0.144. The van der Waals surface area contributed by atoms with Gasteiger partial charge in [-0.2, -0.15) is 0 Å². The third kappa shape index (κ3) is 4.24. The Morgan fingerprint density at radius 2 is 1.93 bits per heavy atom. The number of nitrogens with zero attached hydrogens (tertiary/aromatic N) is 1. The minimum Gasteiger partial charge on any atom is -0.493 e. The Labute approximate surface area is 174 Å². The Balaban J connectivity index is 2.05. The summed E-state index contributed by atoms with van der Waals surface area (Å²) in [5.41, 5.74) is 3.22. The summed E-state index contributed by atoms with van der Waals surface area (Å²) in [6.07, 6.45) is 0.175. The van der Waals surface area contributed by atoms with E-state index in [9.17, 15) is 14.4 Å². The predicted octanol–water partition coefficient (Wildman–Crippen LogP) is 2.77. The van der Waals surface area contributed by atoms with Crippen LogP contribution in [0.25, 0.3) is 6.08 Å². The maximum atomic E-state index is 12.8. The molecular weight excluding hydrogens is 444 g/mol. The molecule has 2 N–H and O–H groups in total. The molecule has 150 valence electrons. The fourth-order valence-electron chi connectivity index (χ4n) is 2.67. The van der Waals surface area contributed by atoms with E-state index in [1.165, 1.54) is 20.1 Å². The van der Waals surface area contributed by atoms with Gasteiger partial charge in [0.05, 0.1) is 12.8 Å². The number of amides is 2. The van der Waals surface area contributed by atoms with Crippen LogP contribution in [0.15, 0.2) is 52.5 Å². The van der Waals surface area contributed by atoms with Gasteiger partial charge in [0.2, 0.25) is 0 Å². The molecule has 3 rings (SSSR count). The molecule has 0 aromatic heterocycles. The molecule has 1 fully saturated rings. The molecule has 2 amide bonds. The molecule has 0 bridgehead atoms. The number of carboxylic acid groups (broad SMARTS) is 1. The number of nitrogens with one attached hydrogen (secondary N) is 1. The Bertz CT molecular complexity index is 1010. The highest BCUT2D eigenvalue weighted by Crippen LogP contribution is 2.37. The average molecular weight is 461 g/mol. The summed E-state index contributed by atoms with van der Waals surface area (Å²) >= 11 is 3.33. The lowest BCUT2D eigenvalue weighted by atomic mass is 10.1. The van der Waals surface area contributed by atoms with Crippen molar-refractivity contribution in [3.63, 3.8) is 0 Å². The van der Waals surface area contributed by atoms with Gasteiger partial charge in [-0.15, -0.1) is 0 Å². The Morgan fingerprint density at radius 1 is 1.24 bits per heavy atom. The number of para-hydroxylation sites is 1. The van der Waals surface area contributed by atoms with Gasteiger partial charge >= 0.3 is 5.97 Å². The number of anilines is 1. The van der Waals surface area contributed by atoms with Crippen LogP contribution in [0, 0.1) is 0 Å². The predicted molar refractivity (Wildman–Crippen MR) is 108 cm³/mol. The molecule has 2 aromatic carbocycles. The lowest BCUT2D eigenvalue weighted by Crippen LogP contribution is -2.35. The van der Waals surface area contributed by atoms with Crippen molar-refractivity contribution in [2.45, 2.75) is 13.0 Å². The van der Waals surface area contributed by atoms with E-state index in [0.29, 0.717) is 15.7 Å². The van der Waals surface area contributed by atoms with E-state index in [1.807, 2.05) is 0 Å². The van der Waals surface area contributed by atoms with Crippen LogP contribution in [0.5, 0.6) is 11.5 Å². The van der Waals surface area contributed by atoms with Gasteiger partial charge in [-0.3, -0.25) is 15.0 Å². The van der Waals surface area contributed by atoms with Crippen molar-refractivity contribution in [2.75, 3.05) is 12.1 Å². The number of hydrogen-bond donors (Lipinski definition) is 2. The second-order valence-corrected chi connectivity index (χ2v) is 7.02. The number of carbonyl (C=O) groups is 3. The van der Waals surface area contributed by atoms with Crippen molar-refractivity contribution in [2.24, 2.45) is 0 Å². The monoisotopic (exact) mass is 460 g/mol. The highest BCUT2D eigenvalue weighted by molar-refractivity contribution is 9.10. The first-order chi connectivity index (χ1) is 13.8. The first-order valence-corrected chi connectivity index (χ1v) is 9.30. The molecule has 0 spiro atoms. The number of hydrogen-bond acceptors (Lipinski definition) is 5. The number of benzene rings is 2. The number of methoxy groups -OCH3 is 1. The summed E-state index contributed by atoms with van der Waals surface area (Å²) in [5.74, 6) is -1.94. The summed E-state index contributed by atoms with van der Waals surface area (Å²) in [6, 6.07) is 11.9. The van der Waals surface area contributed by atoms with Crippen LogP contribution in [0.2, 0.25) is 0 Å². The number of hydrazine groups is 1. The van der Waals surface area contributed by atoms with Gasteiger partial charge in [0.1, 0.15) is 5.57 Å². The molecule has 1 saturated heterocycles. The Morgan fingerprint density at radius 3 is 2.55 bits per heavy atom. The summed E-state index contributed by atoms with van der Waals surface area (Å²) in [5, 5.41) is 10.3. The molecule has 9 heteroatoms. The Hall–Kier alpha value is -3.33. The summed E-state index contributed by atoms with van der Waals surface area (Å²) in [7, 11) is 1.40. The zero-order valence-electron chi connectivity index (χ0n) is 15.5. The van der Waals surface area contributed by atoms with Crippen molar-refractivity contribution in [3.05, 3.63) is 58.1 Å². The molecule has 1 aliphatic heterocycles. The van der Waals surface area contributed by atoms with E-state index in [4.69, 9.17) is 14.6 Å². The molecule has 0 radical (unpaired) electrons. The first-order valence-electron chi connectivity index (χ1n) is 8.51. The van der Waals surface area contributed by atoms with Gasteiger partial charge in [-0.1, -0.05) is 34.1 Å². The van der Waals surface area contributed by atoms with Crippen LogP contribution in [-0.4, -0.2) is 36.1 Å². The van der Waals surface area contributed by atoms with Crippen LogP contribution in [0.1, 0.15) is 12.5 Å². The third-order valence-corrected chi connectivity index (χ3v) is 4.57. The number of carboxylic acids is 1. The third-order valence-electron chi connectivity index (χ3n) is 4.12. The fraction of sp³-hybridized carbons (Fsp3) is 0.150. The van der Waals surface area contributed by atoms with Crippen LogP contribution >= 0.6 is 15.9 Å². The van der Waals surface area contributed by atoms with Crippen molar-refractivity contribution in [1.29, 1.82) is 0 Å². The van der Waals surface area contributed by atoms with Crippen LogP contribution in [0.3, 0.4) is 0 Å². The maximum absolute atomic E-state index is 12.8. The summed E-state index contributed by atoms with van der Waals surface area (Å²) in [6.45, 7) is 1.37. The van der Waals surface area contributed by atoms with Crippen molar-refractivity contribution >= 4 is 45.5 Å². The van der Waals surface area contributed by atoms with Gasteiger partial charge in [0, 0.05) is 10.0 Å². The van der Waals surface area contributed by atoms with E-state index < -0.39 is 23.9 Å². The fourth-order valence-corrected chi connectivity index (χ4v) is 3.13. The molecule has 1 atom stereocenters. The van der Waals surface area contributed by atoms with E-state index in [0.717, 1.165) is 5.01 Å². The van der Waals surface area contributed by atoms with Crippen molar-refractivity contribution < 1.29 is 29.0 Å². The second-order valence-electron chi connectivity index (χ2n) is 6.10. The molecule has 8 nitrogen and oxygen atoms in total. The van der Waals surface area contributed by atoms with Crippen LogP contribution in [0.4, 0.5) is 5.69 Å². The van der Waals surface area contributed by atoms with E-state index in [2.05, 4.69) is 21.4 Å². The number of aliphatic carboxylic acids is 1. The molecule has 0 aliphatic carbocycles. The zero-order valence-corrected chi connectivity index (χ0v) is 17.1. The first kappa shape index (κ1) is 20.4.